The van der Waals surface area contributed by atoms with Gasteiger partial charge >= 0.3 is 0 Å². The summed E-state index contributed by atoms with van der Waals surface area (Å²) in [6.07, 6.45) is 1.57. The highest BCUT2D eigenvalue weighted by atomic mass is 16.3. The fraction of sp³-hybridized carbons (Fsp3) is 0.0870. The van der Waals surface area contributed by atoms with E-state index in [1.54, 1.807) is 23.0 Å². The molecule has 7 heteroatoms. The first-order valence-corrected chi connectivity index (χ1v) is 9.56. The number of hydrogen-bond acceptors (Lipinski definition) is 5. The fourth-order valence-corrected chi connectivity index (χ4v) is 3.51. The van der Waals surface area contributed by atoms with Gasteiger partial charge in [-0.2, -0.15) is 0 Å². The number of carbonyl (C=O) groups excluding carboxylic acids is 1. The van der Waals surface area contributed by atoms with Crippen molar-refractivity contribution >= 4 is 33.9 Å². The molecule has 0 unspecified atom stereocenters. The van der Waals surface area contributed by atoms with Crippen molar-refractivity contribution in [1.82, 2.24) is 19.9 Å². The molecule has 0 spiro atoms. The van der Waals surface area contributed by atoms with Crippen LogP contribution in [0.5, 0.6) is 0 Å². The Morgan fingerprint density at radius 2 is 1.77 bits per heavy atom. The van der Waals surface area contributed by atoms with E-state index in [9.17, 15) is 4.79 Å². The summed E-state index contributed by atoms with van der Waals surface area (Å²) >= 11 is 0. The third kappa shape index (κ3) is 2.97. The molecule has 3 N–H and O–H groups in total. The number of amides is 1. The zero-order valence-corrected chi connectivity index (χ0v) is 16.3. The maximum atomic E-state index is 13.1. The lowest BCUT2D eigenvalue weighted by atomic mass is 10.2. The zero-order valence-electron chi connectivity index (χ0n) is 16.3. The van der Waals surface area contributed by atoms with Crippen molar-refractivity contribution in [2.75, 3.05) is 5.73 Å². The summed E-state index contributed by atoms with van der Waals surface area (Å²) in [7, 11) is 0. The van der Waals surface area contributed by atoms with E-state index >= 15 is 0 Å². The van der Waals surface area contributed by atoms with Crippen molar-refractivity contribution in [3.8, 4) is 5.69 Å². The summed E-state index contributed by atoms with van der Waals surface area (Å²) < 4.78 is 7.08. The number of para-hydroxylation sites is 2. The molecule has 5 rings (SSSR count). The lowest BCUT2D eigenvalue weighted by Crippen LogP contribution is -2.23. The molecule has 0 aliphatic heterocycles. The lowest BCUT2D eigenvalue weighted by molar-refractivity contribution is 0.0950. The van der Waals surface area contributed by atoms with Gasteiger partial charge in [0.2, 0.25) is 0 Å². The molecule has 0 fully saturated rings. The van der Waals surface area contributed by atoms with Gasteiger partial charge in [0.1, 0.15) is 22.7 Å². The van der Waals surface area contributed by atoms with Crippen LogP contribution in [0.1, 0.15) is 21.7 Å². The van der Waals surface area contributed by atoms with E-state index in [-0.39, 0.29) is 12.5 Å². The van der Waals surface area contributed by atoms with Gasteiger partial charge in [0.05, 0.1) is 23.8 Å². The molecule has 3 heterocycles. The summed E-state index contributed by atoms with van der Waals surface area (Å²) in [5.41, 5.74) is 11.2. The molecule has 3 aromatic heterocycles. The maximum Gasteiger partial charge on any atom is 0.257 e. The lowest BCUT2D eigenvalue weighted by Gasteiger charge is -2.08. The minimum Gasteiger partial charge on any atom is -0.467 e. The first-order valence-electron chi connectivity index (χ1n) is 9.56. The third-order valence-corrected chi connectivity index (χ3v) is 5.02. The van der Waals surface area contributed by atoms with Gasteiger partial charge in [0.15, 0.2) is 5.65 Å². The second-order valence-electron chi connectivity index (χ2n) is 7.08. The van der Waals surface area contributed by atoms with Crippen LogP contribution in [0.25, 0.3) is 27.9 Å². The highest BCUT2D eigenvalue weighted by Crippen LogP contribution is 2.31. The number of fused-ring (bicyclic) bond motifs is 2. The van der Waals surface area contributed by atoms with Crippen molar-refractivity contribution in [3.63, 3.8) is 0 Å². The maximum absolute atomic E-state index is 13.1. The molecule has 0 atom stereocenters. The molecule has 30 heavy (non-hydrogen) atoms. The van der Waals surface area contributed by atoms with Gasteiger partial charge in [-0.3, -0.25) is 9.36 Å². The Hall–Kier alpha value is -4.13. The number of nitrogens with two attached hydrogens (primary N) is 1. The van der Waals surface area contributed by atoms with E-state index < -0.39 is 0 Å². The molecule has 0 radical (unpaired) electrons. The van der Waals surface area contributed by atoms with Crippen LogP contribution in [-0.4, -0.2) is 20.4 Å². The standard InChI is InChI=1S/C23H19N5O2/c1-14-8-10-15(11-9-14)28-21(24)19(23(29)25-13-16-5-4-12-30-16)20-22(28)27-18-7-3-2-6-17(18)26-20/h2-12H,13,24H2,1H3,(H,25,29). The Balaban J connectivity index is 1.70. The second-order valence-corrected chi connectivity index (χ2v) is 7.08. The summed E-state index contributed by atoms with van der Waals surface area (Å²) in [5, 5.41) is 2.86. The quantitative estimate of drug-likeness (QED) is 0.478. The van der Waals surface area contributed by atoms with Gasteiger partial charge in [0, 0.05) is 5.69 Å². The number of nitrogen functional groups attached to an aromatic ring is 1. The van der Waals surface area contributed by atoms with E-state index in [1.165, 1.54) is 0 Å². The Kier molecular flexibility index (Phi) is 4.21. The molecule has 0 saturated carbocycles. The summed E-state index contributed by atoms with van der Waals surface area (Å²) in [6, 6.07) is 19.0. The average Bonchev–Trinajstić information content (AvgIpc) is 3.37. The number of benzene rings is 2. The van der Waals surface area contributed by atoms with Crippen LogP contribution in [0.3, 0.4) is 0 Å². The fourth-order valence-electron chi connectivity index (χ4n) is 3.51. The van der Waals surface area contributed by atoms with Gasteiger partial charge in [-0.05, 0) is 43.3 Å². The van der Waals surface area contributed by atoms with Gasteiger partial charge in [0.25, 0.3) is 5.91 Å². The van der Waals surface area contributed by atoms with Crippen LogP contribution >= 0.6 is 0 Å². The topological polar surface area (TPSA) is 99.0 Å². The van der Waals surface area contributed by atoms with E-state index in [4.69, 9.17) is 20.1 Å². The number of nitrogens with one attached hydrogen (secondary N) is 1. The summed E-state index contributed by atoms with van der Waals surface area (Å²) in [4.78, 5) is 22.6. The zero-order chi connectivity index (χ0) is 20.7. The number of carbonyl (C=O) groups is 1. The SMILES string of the molecule is Cc1ccc(-n2c(N)c(C(=O)NCc3ccco3)c3nc4ccccc4nc32)cc1. The minimum absolute atomic E-state index is 0.253. The van der Waals surface area contributed by atoms with Crippen molar-refractivity contribution in [1.29, 1.82) is 0 Å². The minimum atomic E-state index is -0.329. The molecule has 1 amide bonds. The first kappa shape index (κ1) is 17.9. The number of rotatable bonds is 4. The number of hydrogen-bond donors (Lipinski definition) is 2. The van der Waals surface area contributed by atoms with Crippen LogP contribution in [-0.2, 0) is 6.54 Å². The smallest absolute Gasteiger partial charge is 0.257 e. The highest BCUT2D eigenvalue weighted by Gasteiger charge is 2.24. The van der Waals surface area contributed by atoms with Crippen LogP contribution in [0.4, 0.5) is 5.82 Å². The molecular weight excluding hydrogens is 378 g/mol. The van der Waals surface area contributed by atoms with Crippen molar-refractivity contribution in [2.24, 2.45) is 0 Å². The Labute approximate surface area is 172 Å². The van der Waals surface area contributed by atoms with Gasteiger partial charge < -0.3 is 15.5 Å². The van der Waals surface area contributed by atoms with E-state index in [0.29, 0.717) is 33.8 Å². The number of furan rings is 1. The predicted molar refractivity (Wildman–Crippen MR) is 115 cm³/mol. The van der Waals surface area contributed by atoms with Crippen molar-refractivity contribution in [3.05, 3.63) is 83.8 Å². The normalized spacial score (nSPS) is 11.2. The number of anilines is 1. The third-order valence-electron chi connectivity index (χ3n) is 5.02. The molecule has 0 aliphatic rings. The van der Waals surface area contributed by atoms with Crippen molar-refractivity contribution < 1.29 is 9.21 Å². The van der Waals surface area contributed by atoms with Gasteiger partial charge in [-0.1, -0.05) is 29.8 Å². The van der Waals surface area contributed by atoms with Crippen molar-refractivity contribution in [2.45, 2.75) is 13.5 Å². The molecule has 0 bridgehead atoms. The largest absolute Gasteiger partial charge is 0.467 e. The molecule has 5 aromatic rings. The molecule has 148 valence electrons. The van der Waals surface area contributed by atoms with Crippen LogP contribution in [0.15, 0.2) is 71.3 Å². The van der Waals surface area contributed by atoms with Gasteiger partial charge in [-0.25, -0.2) is 9.97 Å². The number of aromatic nitrogens is 3. The second kappa shape index (κ2) is 7.04. The molecule has 0 saturated heterocycles. The monoisotopic (exact) mass is 397 g/mol. The highest BCUT2D eigenvalue weighted by molar-refractivity contribution is 6.11. The Bertz CT molecular complexity index is 1370. The van der Waals surface area contributed by atoms with Crippen LogP contribution in [0, 0.1) is 6.92 Å². The molecular formula is C23H19N5O2. The van der Waals surface area contributed by atoms with E-state index in [1.807, 2.05) is 55.5 Å². The Morgan fingerprint density at radius 3 is 2.47 bits per heavy atom. The molecule has 2 aromatic carbocycles. The van der Waals surface area contributed by atoms with Gasteiger partial charge in [-0.15, -0.1) is 0 Å². The van der Waals surface area contributed by atoms with E-state index in [0.717, 1.165) is 16.8 Å². The first-order chi connectivity index (χ1) is 14.6. The van der Waals surface area contributed by atoms with Crippen LogP contribution in [0.2, 0.25) is 0 Å². The van der Waals surface area contributed by atoms with Crippen LogP contribution < -0.4 is 11.1 Å². The number of nitrogens with zero attached hydrogens (tertiary/aromatic N) is 3. The Morgan fingerprint density at radius 1 is 1.03 bits per heavy atom. The summed E-state index contributed by atoms with van der Waals surface area (Å²) in [5.74, 6) is 0.617. The van der Waals surface area contributed by atoms with E-state index in [2.05, 4.69) is 5.32 Å². The summed E-state index contributed by atoms with van der Waals surface area (Å²) in [6.45, 7) is 2.27. The number of aryl methyl sites for hydroxylation is 1. The molecule has 0 aliphatic carbocycles. The average molecular weight is 397 g/mol. The molecule has 7 nitrogen and oxygen atoms in total. The predicted octanol–water partition coefficient (Wildman–Crippen LogP) is 3.99.